The van der Waals surface area contributed by atoms with Crippen LogP contribution in [0.2, 0.25) is 0 Å². The van der Waals surface area contributed by atoms with Gasteiger partial charge in [0, 0.05) is 12.5 Å². The Bertz CT molecular complexity index is 575. The van der Waals surface area contributed by atoms with Crippen LogP contribution in [-0.4, -0.2) is 5.78 Å². The van der Waals surface area contributed by atoms with E-state index in [9.17, 15) is 13.6 Å². The van der Waals surface area contributed by atoms with Crippen molar-refractivity contribution in [3.63, 3.8) is 0 Å². The van der Waals surface area contributed by atoms with Crippen LogP contribution in [0, 0.1) is 11.6 Å². The Morgan fingerprint density at radius 1 is 1.22 bits per heavy atom. The highest BCUT2D eigenvalue weighted by Crippen LogP contribution is 2.21. The van der Waals surface area contributed by atoms with Crippen LogP contribution in [0.4, 0.5) is 8.78 Å². The summed E-state index contributed by atoms with van der Waals surface area (Å²) in [6.07, 6.45) is 0.746. The van der Waals surface area contributed by atoms with Crippen molar-refractivity contribution in [2.75, 3.05) is 0 Å². The highest BCUT2D eigenvalue weighted by Gasteiger charge is 2.15. The monoisotopic (exact) mass is 266 g/mol. The van der Waals surface area contributed by atoms with Gasteiger partial charge in [0.1, 0.15) is 11.6 Å². The van der Waals surface area contributed by atoms with Gasteiger partial charge in [0.15, 0.2) is 5.78 Å². The number of benzene rings is 1. The van der Waals surface area contributed by atoms with E-state index in [2.05, 4.69) is 0 Å². The van der Waals surface area contributed by atoms with Gasteiger partial charge in [-0.3, -0.25) is 4.79 Å². The molecule has 0 unspecified atom stereocenters. The van der Waals surface area contributed by atoms with E-state index >= 15 is 0 Å². The van der Waals surface area contributed by atoms with Gasteiger partial charge in [-0.05, 0) is 35.1 Å². The van der Waals surface area contributed by atoms with Crippen LogP contribution in [0.3, 0.4) is 0 Å². The lowest BCUT2D eigenvalue weighted by atomic mass is 10.0. The fourth-order valence-electron chi connectivity index (χ4n) is 1.78. The number of carbonyl (C=O) groups is 1. The SMILES string of the molecule is CCc1ccsc1C(=O)Cc1ccc(F)cc1F. The summed E-state index contributed by atoms with van der Waals surface area (Å²) in [5.41, 5.74) is 1.21. The number of rotatable bonds is 4. The molecular formula is C14H12F2OS. The smallest absolute Gasteiger partial charge is 0.177 e. The van der Waals surface area contributed by atoms with Gasteiger partial charge in [-0.1, -0.05) is 13.0 Å². The number of halogens is 2. The molecule has 0 aliphatic carbocycles. The Kier molecular flexibility index (Phi) is 3.87. The van der Waals surface area contributed by atoms with Gasteiger partial charge in [-0.15, -0.1) is 11.3 Å². The number of carbonyl (C=O) groups excluding carboxylic acids is 1. The molecule has 4 heteroatoms. The average Bonchev–Trinajstić information content (AvgIpc) is 2.81. The Balaban J connectivity index is 2.21. The third-order valence-corrected chi connectivity index (χ3v) is 3.74. The average molecular weight is 266 g/mol. The topological polar surface area (TPSA) is 17.1 Å². The normalized spacial score (nSPS) is 10.6. The van der Waals surface area contributed by atoms with Crippen LogP contribution < -0.4 is 0 Å². The molecule has 0 amide bonds. The highest BCUT2D eigenvalue weighted by molar-refractivity contribution is 7.12. The number of ketones is 1. The lowest BCUT2D eigenvalue weighted by Gasteiger charge is -2.03. The Morgan fingerprint density at radius 3 is 2.67 bits per heavy atom. The minimum atomic E-state index is -0.669. The molecule has 2 rings (SSSR count). The Morgan fingerprint density at radius 2 is 2.00 bits per heavy atom. The summed E-state index contributed by atoms with van der Waals surface area (Å²) < 4.78 is 26.2. The fourth-order valence-corrected chi connectivity index (χ4v) is 2.71. The first-order chi connectivity index (χ1) is 8.61. The Hall–Kier alpha value is -1.55. The van der Waals surface area contributed by atoms with Gasteiger partial charge < -0.3 is 0 Å². The maximum atomic E-state index is 13.4. The van der Waals surface area contributed by atoms with Crippen molar-refractivity contribution in [3.05, 3.63) is 57.3 Å². The van der Waals surface area contributed by atoms with Crippen LogP contribution in [0.1, 0.15) is 27.7 Å². The minimum absolute atomic E-state index is 0.0281. The first-order valence-electron chi connectivity index (χ1n) is 5.65. The summed E-state index contributed by atoms with van der Waals surface area (Å²) in [7, 11) is 0. The molecule has 2 aromatic rings. The summed E-state index contributed by atoms with van der Waals surface area (Å²) in [5, 5.41) is 1.85. The van der Waals surface area contributed by atoms with Crippen LogP contribution in [-0.2, 0) is 12.8 Å². The van der Waals surface area contributed by atoms with E-state index in [1.54, 1.807) is 0 Å². The van der Waals surface area contributed by atoms with Gasteiger partial charge >= 0.3 is 0 Å². The van der Waals surface area contributed by atoms with E-state index in [1.165, 1.54) is 23.5 Å². The Labute approximate surface area is 108 Å². The second-order valence-electron chi connectivity index (χ2n) is 3.96. The maximum absolute atomic E-state index is 13.4. The number of thiophene rings is 1. The largest absolute Gasteiger partial charge is 0.293 e. The molecule has 0 saturated heterocycles. The lowest BCUT2D eigenvalue weighted by molar-refractivity contribution is 0.0995. The van der Waals surface area contributed by atoms with Crippen molar-refractivity contribution < 1.29 is 13.6 Å². The van der Waals surface area contributed by atoms with Gasteiger partial charge in [0.05, 0.1) is 4.88 Å². The highest BCUT2D eigenvalue weighted by atomic mass is 32.1. The van der Waals surface area contributed by atoms with Crippen LogP contribution in [0.25, 0.3) is 0 Å². The first-order valence-corrected chi connectivity index (χ1v) is 6.53. The zero-order valence-electron chi connectivity index (χ0n) is 9.87. The molecule has 1 heterocycles. The molecule has 0 spiro atoms. The summed E-state index contributed by atoms with van der Waals surface area (Å²) in [4.78, 5) is 12.7. The molecule has 0 fully saturated rings. The molecular weight excluding hydrogens is 254 g/mol. The van der Waals surface area contributed by atoms with Crippen molar-refractivity contribution in [3.8, 4) is 0 Å². The molecule has 94 valence electrons. The lowest BCUT2D eigenvalue weighted by Crippen LogP contribution is -2.05. The number of aryl methyl sites for hydroxylation is 1. The molecule has 0 aliphatic rings. The van der Waals surface area contributed by atoms with E-state index < -0.39 is 11.6 Å². The zero-order chi connectivity index (χ0) is 13.1. The third-order valence-electron chi connectivity index (χ3n) is 2.75. The fraction of sp³-hybridized carbons (Fsp3) is 0.214. The van der Waals surface area contributed by atoms with E-state index in [1.807, 2.05) is 18.4 Å². The number of hydrogen-bond donors (Lipinski definition) is 0. The molecule has 0 N–H and O–H groups in total. The van der Waals surface area contributed by atoms with E-state index in [-0.39, 0.29) is 17.8 Å². The maximum Gasteiger partial charge on any atom is 0.177 e. The second-order valence-corrected chi connectivity index (χ2v) is 4.88. The summed E-state index contributed by atoms with van der Waals surface area (Å²) in [6, 6.07) is 5.19. The van der Waals surface area contributed by atoms with Gasteiger partial charge in [0.25, 0.3) is 0 Å². The van der Waals surface area contributed by atoms with E-state index in [4.69, 9.17) is 0 Å². The van der Waals surface area contributed by atoms with Gasteiger partial charge in [-0.2, -0.15) is 0 Å². The third kappa shape index (κ3) is 2.64. The van der Waals surface area contributed by atoms with Crippen molar-refractivity contribution in [2.24, 2.45) is 0 Å². The molecule has 1 nitrogen and oxygen atoms in total. The van der Waals surface area contributed by atoms with Crippen LogP contribution in [0.15, 0.2) is 29.6 Å². The predicted octanol–water partition coefficient (Wildman–Crippen LogP) is 4.01. The number of hydrogen-bond acceptors (Lipinski definition) is 2. The summed E-state index contributed by atoms with van der Waals surface area (Å²) in [5.74, 6) is -1.42. The second kappa shape index (κ2) is 5.40. The summed E-state index contributed by atoms with van der Waals surface area (Å²) in [6.45, 7) is 1.97. The molecule has 0 saturated carbocycles. The summed E-state index contributed by atoms with van der Waals surface area (Å²) >= 11 is 1.36. The van der Waals surface area contributed by atoms with Crippen molar-refractivity contribution in [2.45, 2.75) is 19.8 Å². The molecule has 18 heavy (non-hydrogen) atoms. The zero-order valence-corrected chi connectivity index (χ0v) is 10.7. The van der Waals surface area contributed by atoms with Crippen molar-refractivity contribution in [1.29, 1.82) is 0 Å². The predicted molar refractivity (Wildman–Crippen MR) is 68.1 cm³/mol. The first kappa shape index (κ1) is 12.9. The van der Waals surface area contributed by atoms with Gasteiger partial charge in [-0.25, -0.2) is 8.78 Å². The van der Waals surface area contributed by atoms with Gasteiger partial charge in [0.2, 0.25) is 0 Å². The number of Topliss-reactive ketones (excluding diaryl/α,β-unsaturated/α-hetero) is 1. The standard InChI is InChI=1S/C14H12F2OS/c1-2-9-5-6-18-14(9)13(17)7-10-3-4-11(15)8-12(10)16/h3-6,8H,2,7H2,1H3. The van der Waals surface area contributed by atoms with E-state index in [0.717, 1.165) is 18.1 Å². The van der Waals surface area contributed by atoms with Crippen molar-refractivity contribution >= 4 is 17.1 Å². The quantitative estimate of drug-likeness (QED) is 0.764. The van der Waals surface area contributed by atoms with Crippen molar-refractivity contribution in [1.82, 2.24) is 0 Å². The molecule has 0 atom stereocenters. The molecule has 1 aromatic heterocycles. The minimum Gasteiger partial charge on any atom is -0.293 e. The van der Waals surface area contributed by atoms with Crippen LogP contribution >= 0.6 is 11.3 Å². The molecule has 1 aromatic carbocycles. The molecule has 0 aliphatic heterocycles. The van der Waals surface area contributed by atoms with Crippen LogP contribution in [0.5, 0.6) is 0 Å². The van der Waals surface area contributed by atoms with E-state index in [0.29, 0.717) is 4.88 Å². The molecule has 0 radical (unpaired) electrons. The molecule has 0 bridgehead atoms.